The number of benzene rings is 2. The Morgan fingerprint density at radius 2 is 1.77 bits per heavy atom. The van der Waals surface area contributed by atoms with Crippen LogP contribution >= 0.6 is 0 Å². The number of hydrogen-bond donors (Lipinski definition) is 1. The standard InChI is InChI=1S/C19H18F3NO3/c1-11-7-8-12(2)16(9-11)18(25)26-13(3)17(24)23-15-6-4-5-14(10-15)19(20,21)22/h4-10,13H,1-3H3,(H,23,24)/t13-/m1/s1. The van der Waals surface area contributed by atoms with Crippen molar-refractivity contribution in [3.05, 3.63) is 64.7 Å². The van der Waals surface area contributed by atoms with Gasteiger partial charge in [0.05, 0.1) is 11.1 Å². The molecule has 4 nitrogen and oxygen atoms in total. The molecule has 0 radical (unpaired) electrons. The summed E-state index contributed by atoms with van der Waals surface area (Å²) in [7, 11) is 0. The molecule has 1 N–H and O–H groups in total. The van der Waals surface area contributed by atoms with Crippen molar-refractivity contribution in [3.8, 4) is 0 Å². The topological polar surface area (TPSA) is 55.4 Å². The van der Waals surface area contributed by atoms with E-state index < -0.39 is 29.7 Å². The molecule has 0 spiro atoms. The first-order valence-corrected chi connectivity index (χ1v) is 7.84. The van der Waals surface area contributed by atoms with Gasteiger partial charge in [0.2, 0.25) is 0 Å². The first kappa shape index (κ1) is 19.5. The van der Waals surface area contributed by atoms with E-state index in [1.165, 1.54) is 19.1 Å². The Morgan fingerprint density at radius 1 is 1.08 bits per heavy atom. The lowest BCUT2D eigenvalue weighted by molar-refractivity contribution is -0.137. The van der Waals surface area contributed by atoms with Crippen molar-refractivity contribution in [2.24, 2.45) is 0 Å². The minimum absolute atomic E-state index is 0.0283. The van der Waals surface area contributed by atoms with E-state index in [4.69, 9.17) is 4.74 Å². The normalized spacial score (nSPS) is 12.4. The predicted octanol–water partition coefficient (Wildman–Crippen LogP) is 4.51. The van der Waals surface area contributed by atoms with Gasteiger partial charge in [0, 0.05) is 5.69 Å². The van der Waals surface area contributed by atoms with E-state index in [2.05, 4.69) is 5.32 Å². The second kappa shape index (κ2) is 7.59. The van der Waals surface area contributed by atoms with Crippen LogP contribution in [0.25, 0.3) is 0 Å². The summed E-state index contributed by atoms with van der Waals surface area (Å²) in [5.74, 6) is -1.39. The quantitative estimate of drug-likeness (QED) is 0.812. The number of esters is 1. The van der Waals surface area contributed by atoms with Gasteiger partial charge in [-0.05, 0) is 50.6 Å². The van der Waals surface area contributed by atoms with E-state index >= 15 is 0 Å². The smallest absolute Gasteiger partial charge is 0.416 e. The Hall–Kier alpha value is -2.83. The fourth-order valence-corrected chi connectivity index (χ4v) is 2.25. The van der Waals surface area contributed by atoms with Crippen LogP contribution in [0.15, 0.2) is 42.5 Å². The Morgan fingerprint density at radius 3 is 2.42 bits per heavy atom. The molecule has 0 heterocycles. The average Bonchev–Trinajstić information content (AvgIpc) is 2.56. The molecule has 7 heteroatoms. The molecule has 0 saturated carbocycles. The van der Waals surface area contributed by atoms with Crippen molar-refractivity contribution in [2.45, 2.75) is 33.1 Å². The molecule has 2 aromatic rings. The summed E-state index contributed by atoms with van der Waals surface area (Å²) >= 11 is 0. The van der Waals surface area contributed by atoms with E-state index in [1.807, 2.05) is 13.0 Å². The number of carbonyl (C=O) groups excluding carboxylic acids is 2. The number of carbonyl (C=O) groups is 2. The van der Waals surface area contributed by atoms with Crippen LogP contribution in [0.2, 0.25) is 0 Å². The highest BCUT2D eigenvalue weighted by Crippen LogP contribution is 2.30. The zero-order valence-electron chi connectivity index (χ0n) is 14.5. The third kappa shape index (κ3) is 4.84. The Labute approximate surface area is 149 Å². The summed E-state index contributed by atoms with van der Waals surface area (Å²) in [5, 5.41) is 2.32. The average molecular weight is 365 g/mol. The lowest BCUT2D eigenvalue weighted by atomic mass is 10.1. The van der Waals surface area contributed by atoms with E-state index in [1.54, 1.807) is 19.1 Å². The Kier molecular flexibility index (Phi) is 5.69. The van der Waals surface area contributed by atoms with Gasteiger partial charge in [-0.15, -0.1) is 0 Å². The van der Waals surface area contributed by atoms with Crippen LogP contribution in [0.1, 0.15) is 34.0 Å². The van der Waals surface area contributed by atoms with Crippen molar-refractivity contribution in [1.82, 2.24) is 0 Å². The van der Waals surface area contributed by atoms with Crippen LogP contribution in [-0.4, -0.2) is 18.0 Å². The lowest BCUT2D eigenvalue weighted by Gasteiger charge is -2.15. The van der Waals surface area contributed by atoms with Gasteiger partial charge in [-0.3, -0.25) is 4.79 Å². The van der Waals surface area contributed by atoms with E-state index in [0.29, 0.717) is 11.1 Å². The molecule has 0 aliphatic carbocycles. The number of hydrogen-bond acceptors (Lipinski definition) is 3. The fraction of sp³-hybridized carbons (Fsp3) is 0.263. The van der Waals surface area contributed by atoms with Gasteiger partial charge in [0.25, 0.3) is 5.91 Å². The van der Waals surface area contributed by atoms with Crippen LogP contribution in [0, 0.1) is 13.8 Å². The van der Waals surface area contributed by atoms with Gasteiger partial charge in [-0.1, -0.05) is 23.8 Å². The third-order valence-corrected chi connectivity index (χ3v) is 3.72. The first-order chi connectivity index (χ1) is 12.1. The summed E-state index contributed by atoms with van der Waals surface area (Å²) < 4.78 is 43.3. The number of ether oxygens (including phenoxy) is 1. The monoisotopic (exact) mass is 365 g/mol. The van der Waals surface area contributed by atoms with Crippen molar-refractivity contribution in [1.29, 1.82) is 0 Å². The molecule has 2 aromatic carbocycles. The van der Waals surface area contributed by atoms with Gasteiger partial charge >= 0.3 is 12.1 Å². The van der Waals surface area contributed by atoms with Crippen LogP contribution < -0.4 is 5.32 Å². The molecule has 138 valence electrons. The number of anilines is 1. The summed E-state index contributed by atoms with van der Waals surface area (Å²) in [6.45, 7) is 4.91. The van der Waals surface area contributed by atoms with E-state index in [0.717, 1.165) is 17.7 Å². The van der Waals surface area contributed by atoms with Crippen LogP contribution in [-0.2, 0) is 15.7 Å². The van der Waals surface area contributed by atoms with Crippen LogP contribution in [0.5, 0.6) is 0 Å². The zero-order valence-corrected chi connectivity index (χ0v) is 14.5. The molecule has 0 aliphatic heterocycles. The number of aryl methyl sites for hydroxylation is 2. The maximum Gasteiger partial charge on any atom is 0.416 e. The van der Waals surface area contributed by atoms with Crippen LogP contribution in [0.4, 0.5) is 18.9 Å². The number of halogens is 3. The number of rotatable bonds is 4. The number of amides is 1. The molecule has 26 heavy (non-hydrogen) atoms. The molecule has 0 fully saturated rings. The van der Waals surface area contributed by atoms with E-state index in [-0.39, 0.29) is 5.69 Å². The largest absolute Gasteiger partial charge is 0.449 e. The molecule has 0 bridgehead atoms. The predicted molar refractivity (Wildman–Crippen MR) is 90.9 cm³/mol. The molecule has 0 saturated heterocycles. The van der Waals surface area contributed by atoms with Crippen molar-refractivity contribution >= 4 is 17.6 Å². The van der Waals surface area contributed by atoms with Crippen LogP contribution in [0.3, 0.4) is 0 Å². The fourth-order valence-electron chi connectivity index (χ4n) is 2.25. The van der Waals surface area contributed by atoms with Gasteiger partial charge in [0.1, 0.15) is 0 Å². The van der Waals surface area contributed by atoms with Crippen molar-refractivity contribution in [3.63, 3.8) is 0 Å². The molecule has 0 aromatic heterocycles. The minimum atomic E-state index is -4.51. The van der Waals surface area contributed by atoms with Gasteiger partial charge in [-0.2, -0.15) is 13.2 Å². The Balaban J connectivity index is 2.06. The van der Waals surface area contributed by atoms with E-state index in [9.17, 15) is 22.8 Å². The van der Waals surface area contributed by atoms with Crippen molar-refractivity contribution in [2.75, 3.05) is 5.32 Å². The maximum absolute atomic E-state index is 12.7. The van der Waals surface area contributed by atoms with Gasteiger partial charge < -0.3 is 10.1 Å². The molecule has 0 unspecified atom stereocenters. The highest BCUT2D eigenvalue weighted by Gasteiger charge is 2.30. The number of alkyl halides is 3. The second-order valence-corrected chi connectivity index (χ2v) is 5.93. The summed E-state index contributed by atoms with van der Waals surface area (Å²) in [6, 6.07) is 9.48. The van der Waals surface area contributed by atoms with Gasteiger partial charge in [-0.25, -0.2) is 4.79 Å². The minimum Gasteiger partial charge on any atom is -0.449 e. The van der Waals surface area contributed by atoms with Crippen molar-refractivity contribution < 1.29 is 27.5 Å². The third-order valence-electron chi connectivity index (χ3n) is 3.72. The molecule has 1 amide bonds. The molecule has 2 rings (SSSR count). The molecule has 0 aliphatic rings. The summed E-state index contributed by atoms with van der Waals surface area (Å²) in [4.78, 5) is 24.3. The Bertz CT molecular complexity index is 831. The lowest BCUT2D eigenvalue weighted by Crippen LogP contribution is -2.30. The SMILES string of the molecule is Cc1ccc(C)c(C(=O)O[C@H](C)C(=O)Nc2cccc(C(F)(F)F)c2)c1. The summed E-state index contributed by atoms with van der Waals surface area (Å²) in [5.41, 5.74) is 0.994. The molecular formula is C19H18F3NO3. The first-order valence-electron chi connectivity index (χ1n) is 7.84. The second-order valence-electron chi connectivity index (χ2n) is 5.93. The molecular weight excluding hydrogens is 347 g/mol. The summed E-state index contributed by atoms with van der Waals surface area (Å²) in [6.07, 6.45) is -5.68. The zero-order chi connectivity index (χ0) is 19.5. The van der Waals surface area contributed by atoms with Gasteiger partial charge in [0.15, 0.2) is 6.10 Å². The number of nitrogens with one attached hydrogen (secondary N) is 1. The molecule has 1 atom stereocenters. The highest BCUT2D eigenvalue weighted by molar-refractivity contribution is 5.97. The maximum atomic E-state index is 12.7. The highest BCUT2D eigenvalue weighted by atomic mass is 19.4.